The van der Waals surface area contributed by atoms with Crippen LogP contribution in [0.2, 0.25) is 0 Å². The fraction of sp³-hybridized carbons (Fsp3) is 0. The second kappa shape index (κ2) is 6.97. The molecule has 8 nitrogen and oxygen atoms in total. The van der Waals surface area contributed by atoms with Crippen LogP contribution in [-0.2, 0) is 0 Å². The first-order valence-corrected chi connectivity index (χ1v) is 7.99. The van der Waals surface area contributed by atoms with Gasteiger partial charge in [-0.1, -0.05) is 12.1 Å². The van der Waals surface area contributed by atoms with E-state index < -0.39 is 17.2 Å². The van der Waals surface area contributed by atoms with Gasteiger partial charge < -0.3 is 15.6 Å². The van der Waals surface area contributed by atoms with E-state index in [9.17, 15) is 19.2 Å². The lowest BCUT2D eigenvalue weighted by molar-refractivity contribution is 0.101. The highest BCUT2D eigenvalue weighted by molar-refractivity contribution is 7.12. The van der Waals surface area contributed by atoms with E-state index in [2.05, 4.69) is 15.6 Å². The number of rotatable bonds is 4. The summed E-state index contributed by atoms with van der Waals surface area (Å²) < 4.78 is 0. The number of H-pyrrole nitrogens is 2. The van der Waals surface area contributed by atoms with Crippen molar-refractivity contribution in [3.05, 3.63) is 79.3 Å². The Morgan fingerprint density at radius 2 is 1.84 bits per heavy atom. The van der Waals surface area contributed by atoms with Gasteiger partial charge >= 0.3 is 5.69 Å². The normalized spacial score (nSPS) is 10.2. The summed E-state index contributed by atoms with van der Waals surface area (Å²) in [6.45, 7) is 0. The summed E-state index contributed by atoms with van der Waals surface area (Å²) in [4.78, 5) is 51.7. The lowest BCUT2D eigenvalue weighted by Crippen LogP contribution is -2.26. The Kier molecular flexibility index (Phi) is 4.57. The maximum absolute atomic E-state index is 12.3. The number of amides is 2. The molecule has 0 atom stereocenters. The van der Waals surface area contributed by atoms with Crippen molar-refractivity contribution in [2.24, 2.45) is 0 Å². The maximum Gasteiger partial charge on any atom is 0.325 e. The molecule has 0 unspecified atom stereocenters. The molecular weight excluding hydrogens is 344 g/mol. The third-order valence-electron chi connectivity index (χ3n) is 3.20. The van der Waals surface area contributed by atoms with Crippen LogP contribution in [0.5, 0.6) is 0 Å². The molecule has 0 saturated heterocycles. The van der Waals surface area contributed by atoms with Crippen LogP contribution in [0.25, 0.3) is 0 Å². The van der Waals surface area contributed by atoms with Crippen LogP contribution in [-0.4, -0.2) is 21.8 Å². The van der Waals surface area contributed by atoms with Gasteiger partial charge in [-0.3, -0.25) is 19.4 Å². The predicted octanol–water partition coefficient (Wildman–Crippen LogP) is 1.63. The standard InChI is InChI=1S/C16H12N4O4S/c21-13(19-11-8-17-16(24)20-14(11)22)9-3-1-4-10(7-9)18-15(23)12-5-2-6-25-12/h1-8H,(H,18,23)(H,19,21)(H2,17,20,22,24). The molecule has 2 aromatic heterocycles. The number of hydrogen-bond acceptors (Lipinski definition) is 5. The van der Waals surface area contributed by atoms with Gasteiger partial charge in [0.2, 0.25) is 0 Å². The summed E-state index contributed by atoms with van der Waals surface area (Å²) in [7, 11) is 0. The van der Waals surface area contributed by atoms with Crippen LogP contribution in [0, 0.1) is 0 Å². The minimum absolute atomic E-state index is 0.0855. The van der Waals surface area contributed by atoms with Gasteiger partial charge in [-0.05, 0) is 29.6 Å². The highest BCUT2D eigenvalue weighted by Crippen LogP contribution is 2.15. The van der Waals surface area contributed by atoms with Crippen molar-refractivity contribution in [3.8, 4) is 0 Å². The zero-order valence-electron chi connectivity index (χ0n) is 12.7. The number of carbonyl (C=O) groups is 2. The molecule has 0 aliphatic heterocycles. The largest absolute Gasteiger partial charge is 0.325 e. The van der Waals surface area contributed by atoms with Gasteiger partial charge in [-0.25, -0.2) is 4.79 Å². The number of aromatic amines is 2. The Hall–Kier alpha value is -3.46. The van der Waals surface area contributed by atoms with E-state index in [1.165, 1.54) is 23.5 Å². The van der Waals surface area contributed by atoms with Crippen molar-refractivity contribution in [2.45, 2.75) is 0 Å². The van der Waals surface area contributed by atoms with Crippen molar-refractivity contribution in [3.63, 3.8) is 0 Å². The van der Waals surface area contributed by atoms with E-state index in [1.807, 2.05) is 4.98 Å². The second-order valence-corrected chi connectivity index (χ2v) is 5.90. The molecule has 0 aliphatic carbocycles. The molecule has 0 bridgehead atoms. The van der Waals surface area contributed by atoms with Crippen LogP contribution in [0.3, 0.4) is 0 Å². The fourth-order valence-electron chi connectivity index (χ4n) is 2.04. The van der Waals surface area contributed by atoms with Gasteiger partial charge in [0.15, 0.2) is 0 Å². The third kappa shape index (κ3) is 3.90. The minimum Gasteiger partial charge on any atom is -0.321 e. The number of thiophene rings is 1. The SMILES string of the molecule is O=C(Nc1c[nH]c(=O)[nH]c1=O)c1cccc(NC(=O)c2cccs2)c1. The molecule has 0 radical (unpaired) electrons. The van der Waals surface area contributed by atoms with E-state index in [1.54, 1.807) is 29.6 Å². The quantitative estimate of drug-likeness (QED) is 0.567. The Balaban J connectivity index is 1.76. The molecule has 3 aromatic rings. The van der Waals surface area contributed by atoms with Gasteiger partial charge in [0, 0.05) is 17.4 Å². The Bertz CT molecular complexity index is 1040. The van der Waals surface area contributed by atoms with Crippen LogP contribution < -0.4 is 21.9 Å². The molecule has 2 amide bonds. The average Bonchev–Trinajstić information content (AvgIpc) is 3.12. The van der Waals surface area contributed by atoms with Crippen molar-refractivity contribution >= 4 is 34.5 Å². The summed E-state index contributed by atoms with van der Waals surface area (Å²) in [5.41, 5.74) is -0.769. The van der Waals surface area contributed by atoms with Crippen LogP contribution >= 0.6 is 11.3 Å². The first-order valence-electron chi connectivity index (χ1n) is 7.11. The van der Waals surface area contributed by atoms with E-state index in [4.69, 9.17) is 0 Å². The first kappa shape index (κ1) is 16.4. The van der Waals surface area contributed by atoms with E-state index >= 15 is 0 Å². The highest BCUT2D eigenvalue weighted by atomic mass is 32.1. The van der Waals surface area contributed by atoms with Gasteiger partial charge in [-0.2, -0.15) is 0 Å². The smallest absolute Gasteiger partial charge is 0.321 e. The molecule has 25 heavy (non-hydrogen) atoms. The number of hydrogen-bond donors (Lipinski definition) is 4. The zero-order chi connectivity index (χ0) is 17.8. The second-order valence-electron chi connectivity index (χ2n) is 4.95. The molecular formula is C16H12N4O4S. The van der Waals surface area contributed by atoms with Gasteiger partial charge in [-0.15, -0.1) is 11.3 Å². The van der Waals surface area contributed by atoms with E-state index in [0.717, 1.165) is 6.20 Å². The van der Waals surface area contributed by atoms with E-state index in [0.29, 0.717) is 10.6 Å². The number of nitrogens with one attached hydrogen (secondary N) is 4. The predicted molar refractivity (Wildman–Crippen MR) is 94.4 cm³/mol. The van der Waals surface area contributed by atoms with Crippen molar-refractivity contribution in [1.82, 2.24) is 9.97 Å². The molecule has 0 aliphatic rings. The summed E-state index contributed by atoms with van der Waals surface area (Å²) in [6, 6.07) is 9.74. The zero-order valence-corrected chi connectivity index (χ0v) is 13.5. The lowest BCUT2D eigenvalue weighted by Gasteiger charge is -2.07. The van der Waals surface area contributed by atoms with Crippen molar-refractivity contribution in [2.75, 3.05) is 10.6 Å². The molecule has 0 fully saturated rings. The monoisotopic (exact) mass is 356 g/mol. The number of benzene rings is 1. The van der Waals surface area contributed by atoms with Gasteiger partial charge in [0.1, 0.15) is 5.69 Å². The number of carbonyl (C=O) groups excluding carboxylic acids is 2. The maximum atomic E-state index is 12.3. The fourth-order valence-corrected chi connectivity index (χ4v) is 2.65. The van der Waals surface area contributed by atoms with Crippen molar-refractivity contribution < 1.29 is 9.59 Å². The summed E-state index contributed by atoms with van der Waals surface area (Å²) >= 11 is 1.31. The lowest BCUT2D eigenvalue weighted by atomic mass is 10.2. The number of anilines is 2. The molecule has 2 heterocycles. The average molecular weight is 356 g/mol. The van der Waals surface area contributed by atoms with Crippen LogP contribution in [0.4, 0.5) is 11.4 Å². The Morgan fingerprint density at radius 1 is 1.00 bits per heavy atom. The van der Waals surface area contributed by atoms with Gasteiger partial charge in [0.25, 0.3) is 17.4 Å². The molecule has 9 heteroatoms. The van der Waals surface area contributed by atoms with Crippen molar-refractivity contribution in [1.29, 1.82) is 0 Å². The molecule has 0 saturated carbocycles. The third-order valence-corrected chi connectivity index (χ3v) is 4.06. The summed E-state index contributed by atoms with van der Waals surface area (Å²) in [5.74, 6) is -0.825. The van der Waals surface area contributed by atoms with Crippen LogP contribution in [0.15, 0.2) is 57.6 Å². The molecule has 126 valence electrons. The van der Waals surface area contributed by atoms with Gasteiger partial charge in [0.05, 0.1) is 4.88 Å². The minimum atomic E-state index is -0.709. The molecule has 4 N–H and O–H groups in total. The summed E-state index contributed by atoms with van der Waals surface area (Å²) in [6.07, 6.45) is 1.11. The summed E-state index contributed by atoms with van der Waals surface area (Å²) in [5, 5.41) is 6.89. The van der Waals surface area contributed by atoms with Crippen LogP contribution in [0.1, 0.15) is 20.0 Å². The highest BCUT2D eigenvalue weighted by Gasteiger charge is 2.11. The topological polar surface area (TPSA) is 124 Å². The Morgan fingerprint density at radius 3 is 2.56 bits per heavy atom. The Labute approximate surface area is 144 Å². The molecule has 0 spiro atoms. The number of aromatic nitrogens is 2. The molecule has 1 aromatic carbocycles. The first-order chi connectivity index (χ1) is 12.0. The van der Waals surface area contributed by atoms with E-state index in [-0.39, 0.29) is 17.2 Å². The molecule has 3 rings (SSSR count).